The number of aliphatic carboxylic acids is 1. The number of carbonyl (C=O) groups excluding carboxylic acids is 1. The molecule has 2 aliphatic heterocycles. The molecular formula is C12H19N6Na2O6PS2. The smallest absolute Gasteiger partial charge is 1.00 e. The number of tetrazole rings is 1. The third-order valence-electron chi connectivity index (χ3n) is 3.81. The van der Waals surface area contributed by atoms with Crippen molar-refractivity contribution >= 4 is 43.0 Å². The van der Waals surface area contributed by atoms with Crippen LogP contribution in [0.5, 0.6) is 0 Å². The van der Waals surface area contributed by atoms with Gasteiger partial charge in [-0.05, 0) is 22.9 Å². The second-order valence-corrected chi connectivity index (χ2v) is 9.50. The van der Waals surface area contributed by atoms with Crippen LogP contribution in [0.15, 0.2) is 16.4 Å². The molecule has 0 spiro atoms. The molecule has 4 N–H and O–H groups in total. The number of amides is 1. The van der Waals surface area contributed by atoms with Crippen molar-refractivity contribution in [3.05, 3.63) is 11.3 Å². The molecule has 3 heterocycles. The summed E-state index contributed by atoms with van der Waals surface area (Å²) in [6, 6.07) is -0.692. The molecule has 1 unspecified atom stereocenters. The van der Waals surface area contributed by atoms with Gasteiger partial charge in [0.25, 0.3) is 0 Å². The summed E-state index contributed by atoms with van der Waals surface area (Å²) in [5, 5.41) is 20.3. The molecule has 3 atom stereocenters. The summed E-state index contributed by atoms with van der Waals surface area (Å²) >= 11 is 2.50. The van der Waals surface area contributed by atoms with Crippen LogP contribution < -0.4 is 64.8 Å². The molecule has 1 amide bonds. The van der Waals surface area contributed by atoms with E-state index >= 15 is 0 Å². The molecule has 3 rings (SSSR count). The minimum Gasteiger partial charge on any atom is -1.00 e. The van der Waals surface area contributed by atoms with E-state index in [0.29, 0.717) is 11.3 Å². The molecule has 1 saturated heterocycles. The molecule has 0 aliphatic carbocycles. The van der Waals surface area contributed by atoms with Gasteiger partial charge in [-0.2, -0.15) is 0 Å². The number of hydrogen-bond acceptors (Lipinski definition) is 10. The molecule has 17 heteroatoms. The minimum atomic E-state index is -3.89. The van der Waals surface area contributed by atoms with E-state index in [2.05, 4.69) is 15.5 Å². The molecule has 29 heavy (non-hydrogen) atoms. The first-order chi connectivity index (χ1) is 12.7. The van der Waals surface area contributed by atoms with Gasteiger partial charge in [-0.15, -0.1) is 16.9 Å². The number of carboxylic acid groups (broad SMARTS) is 1. The summed E-state index contributed by atoms with van der Waals surface area (Å²) in [7, 11) is -3.89. The zero-order chi connectivity index (χ0) is 19.8. The fourth-order valence-electron chi connectivity index (χ4n) is 2.64. The third kappa shape index (κ3) is 6.08. The normalized spacial score (nSPS) is 22.7. The summed E-state index contributed by atoms with van der Waals surface area (Å²) in [6.07, 6.45) is -0.419. The molecule has 0 aromatic carbocycles. The zero-order valence-corrected chi connectivity index (χ0v) is 22.6. The van der Waals surface area contributed by atoms with Crippen LogP contribution in [0.3, 0.4) is 0 Å². The first-order valence-corrected chi connectivity index (χ1v) is 11.6. The fraction of sp³-hybridized carbons (Fsp3) is 0.583. The average Bonchev–Trinajstić information content (AvgIpc) is 3.04. The maximum absolute atomic E-state index is 11.9. The Kier molecular flexibility index (Phi) is 10.9. The Morgan fingerprint density at radius 3 is 2.83 bits per heavy atom. The monoisotopic (exact) mass is 484 g/mol. The molecular weight excluding hydrogens is 465 g/mol. The van der Waals surface area contributed by atoms with Crippen molar-refractivity contribution in [3.8, 4) is 0 Å². The van der Waals surface area contributed by atoms with Gasteiger partial charge in [0.1, 0.15) is 23.4 Å². The first-order valence-electron chi connectivity index (χ1n) is 7.76. The molecule has 1 aromatic rings. The number of aromatic nitrogens is 4. The van der Waals surface area contributed by atoms with Crippen molar-refractivity contribution in [3.63, 3.8) is 0 Å². The largest absolute Gasteiger partial charge is 1.00 e. The molecule has 0 radical (unpaired) electrons. The van der Waals surface area contributed by atoms with Crippen LogP contribution in [0, 0.1) is 0 Å². The quantitative estimate of drug-likeness (QED) is 0.138. The van der Waals surface area contributed by atoms with Crippen molar-refractivity contribution in [1.82, 2.24) is 25.1 Å². The topological polar surface area (TPSA) is 174 Å². The molecule has 2 aliphatic rings. The van der Waals surface area contributed by atoms with Crippen LogP contribution in [0.25, 0.3) is 0 Å². The van der Waals surface area contributed by atoms with E-state index in [1.807, 2.05) is 0 Å². The van der Waals surface area contributed by atoms with E-state index in [1.165, 1.54) is 16.7 Å². The number of rotatable bonds is 8. The number of thioether (sulfide) groups is 2. The maximum atomic E-state index is 11.9. The molecule has 1 aromatic heterocycles. The van der Waals surface area contributed by atoms with Crippen LogP contribution in [0.2, 0.25) is 0 Å². The van der Waals surface area contributed by atoms with Crippen LogP contribution in [0.4, 0.5) is 0 Å². The molecule has 12 nitrogen and oxygen atoms in total. The van der Waals surface area contributed by atoms with Crippen molar-refractivity contribution in [1.29, 1.82) is 0 Å². The Balaban J connectivity index is 0. The van der Waals surface area contributed by atoms with E-state index in [0.717, 1.165) is 16.4 Å². The van der Waals surface area contributed by atoms with Gasteiger partial charge >= 0.3 is 72.7 Å². The number of fused-ring (bicyclic) bond motifs is 1. The minimum absolute atomic E-state index is 0. The van der Waals surface area contributed by atoms with Gasteiger partial charge in [-0.1, -0.05) is 11.8 Å². The summed E-state index contributed by atoms with van der Waals surface area (Å²) in [5.41, 5.74) is 6.17. The predicted molar refractivity (Wildman–Crippen MR) is 97.9 cm³/mol. The summed E-state index contributed by atoms with van der Waals surface area (Å²) in [5.74, 6) is -1.03. The van der Waals surface area contributed by atoms with Gasteiger partial charge in [0.15, 0.2) is 0 Å². The molecule has 0 bridgehead atoms. The van der Waals surface area contributed by atoms with E-state index in [9.17, 15) is 24.2 Å². The van der Waals surface area contributed by atoms with Gasteiger partial charge in [0, 0.05) is 11.5 Å². The molecule has 1 fully saturated rings. The molecule has 0 saturated carbocycles. The number of nitrogens with two attached hydrogens (primary N) is 1. The number of β-lactam (4-membered cyclic amide) rings is 1. The van der Waals surface area contributed by atoms with Crippen LogP contribution in [-0.4, -0.2) is 76.5 Å². The van der Waals surface area contributed by atoms with Crippen molar-refractivity contribution in [2.75, 3.05) is 18.1 Å². The Hall–Kier alpha value is 0.560. The van der Waals surface area contributed by atoms with Gasteiger partial charge in [0.05, 0.1) is 6.61 Å². The van der Waals surface area contributed by atoms with Gasteiger partial charge < -0.3 is 23.1 Å². The van der Waals surface area contributed by atoms with E-state index in [1.54, 1.807) is 6.92 Å². The SMILES string of the molecule is CCOP(=O)(O)Cn1nnnc1SCC1=C(C(=O)O)N2C(=O)[C@@H](N)[C@H]2SC1.[H-].[H-].[Na+].[Na+]. The van der Waals surface area contributed by atoms with E-state index in [-0.39, 0.29) is 90.6 Å². The number of nitrogens with zero attached hydrogens (tertiary/aromatic N) is 5. The van der Waals surface area contributed by atoms with Crippen LogP contribution in [0.1, 0.15) is 9.78 Å². The standard InChI is InChI=1S/C12H17N6O6PS2.2Na.2H/c1-2-24-25(22,23)5-17-12(14-15-16-17)27-4-6-3-26-10-7(13)9(19)18(10)8(6)11(20)21;;;;/h7,10H,2-5,13H2,1H3,(H,20,21)(H,22,23);;;;/q;2*+1;2*-1/t7-,10-;;;;/m1..../s1. The van der Waals surface area contributed by atoms with Gasteiger partial charge in [-0.25, -0.2) is 9.48 Å². The van der Waals surface area contributed by atoms with Crippen molar-refractivity contribution in [2.24, 2.45) is 5.73 Å². The van der Waals surface area contributed by atoms with E-state index in [4.69, 9.17) is 10.3 Å². The van der Waals surface area contributed by atoms with E-state index < -0.39 is 31.8 Å². The first kappa shape index (κ1) is 27.6. The number of carboxylic acids is 1. The van der Waals surface area contributed by atoms with Crippen molar-refractivity contribution in [2.45, 2.75) is 29.8 Å². The van der Waals surface area contributed by atoms with Crippen molar-refractivity contribution < 1.29 is 90.6 Å². The van der Waals surface area contributed by atoms with Gasteiger partial charge in [-0.3, -0.25) is 14.3 Å². The third-order valence-corrected chi connectivity index (χ3v) is 7.50. The number of hydrogen-bond donors (Lipinski definition) is 3. The fourth-order valence-corrected chi connectivity index (χ4v) is 6.06. The summed E-state index contributed by atoms with van der Waals surface area (Å²) in [6.45, 7) is 1.66. The molecule has 152 valence electrons. The Labute approximate surface area is 221 Å². The van der Waals surface area contributed by atoms with Crippen LogP contribution in [-0.2, 0) is 25.0 Å². The second kappa shape index (κ2) is 11.4. The number of carbonyl (C=O) groups is 2. The zero-order valence-electron chi connectivity index (χ0n) is 18.1. The predicted octanol–water partition coefficient (Wildman–Crippen LogP) is -6.24. The Morgan fingerprint density at radius 2 is 2.21 bits per heavy atom. The Morgan fingerprint density at radius 1 is 1.52 bits per heavy atom. The Bertz CT molecular complexity index is 867. The van der Waals surface area contributed by atoms with Crippen LogP contribution >= 0.6 is 31.1 Å². The summed E-state index contributed by atoms with van der Waals surface area (Å²) < 4.78 is 17.8. The summed E-state index contributed by atoms with van der Waals surface area (Å²) in [4.78, 5) is 34.5. The second-order valence-electron chi connectivity index (χ2n) is 5.64. The van der Waals surface area contributed by atoms with Gasteiger partial charge in [0.2, 0.25) is 11.1 Å². The maximum Gasteiger partial charge on any atom is 1.00 e. The average molecular weight is 484 g/mol.